The van der Waals surface area contributed by atoms with E-state index in [9.17, 15) is 9.59 Å². The lowest BCUT2D eigenvalue weighted by Crippen LogP contribution is -2.09. The number of fused-ring (bicyclic) bond motifs is 1. The zero-order valence-electron chi connectivity index (χ0n) is 14.6. The Bertz CT molecular complexity index is 1070. The first kappa shape index (κ1) is 17.3. The minimum atomic E-state index is -0.423. The largest absolute Gasteiger partial charge is 0.422 e. The second kappa shape index (κ2) is 7.25. The van der Waals surface area contributed by atoms with E-state index in [-0.39, 0.29) is 5.78 Å². The molecule has 0 amide bonds. The molecule has 0 atom stereocenters. The molecule has 0 bridgehead atoms. The summed E-state index contributed by atoms with van der Waals surface area (Å²) >= 11 is 1.44. The van der Waals surface area contributed by atoms with E-state index >= 15 is 0 Å². The van der Waals surface area contributed by atoms with Crippen LogP contribution in [0.3, 0.4) is 0 Å². The molecule has 27 heavy (non-hydrogen) atoms. The van der Waals surface area contributed by atoms with Crippen molar-refractivity contribution in [1.29, 1.82) is 0 Å². The minimum absolute atomic E-state index is 0.00237. The van der Waals surface area contributed by atoms with Gasteiger partial charge in [-0.15, -0.1) is 0 Å². The van der Waals surface area contributed by atoms with Gasteiger partial charge in [-0.2, -0.15) is 0 Å². The van der Waals surface area contributed by atoms with Gasteiger partial charge in [0.2, 0.25) is 5.78 Å². The number of aryl methyl sites for hydroxylation is 1. The highest BCUT2D eigenvalue weighted by atomic mass is 32.2. The van der Waals surface area contributed by atoms with Gasteiger partial charge in [-0.05, 0) is 49.4 Å². The molecule has 0 aliphatic carbocycles. The van der Waals surface area contributed by atoms with Gasteiger partial charge in [-0.1, -0.05) is 53.7 Å². The van der Waals surface area contributed by atoms with E-state index in [1.54, 1.807) is 36.4 Å². The van der Waals surface area contributed by atoms with Crippen LogP contribution < -0.4 is 4.74 Å². The van der Waals surface area contributed by atoms with E-state index in [1.807, 2.05) is 49.4 Å². The number of rotatable bonds is 3. The second-order valence-corrected chi connectivity index (χ2v) is 7.32. The molecule has 1 aliphatic rings. The number of ketones is 1. The van der Waals surface area contributed by atoms with Crippen LogP contribution in [0, 0.1) is 6.92 Å². The van der Waals surface area contributed by atoms with Crippen molar-refractivity contribution in [2.75, 3.05) is 0 Å². The molecule has 0 saturated heterocycles. The first-order valence-corrected chi connectivity index (χ1v) is 9.34. The van der Waals surface area contributed by atoms with Gasteiger partial charge in [0.25, 0.3) is 0 Å². The number of thioether (sulfide) groups is 1. The Morgan fingerprint density at radius 1 is 0.963 bits per heavy atom. The Morgan fingerprint density at radius 2 is 1.70 bits per heavy atom. The van der Waals surface area contributed by atoms with Gasteiger partial charge in [-0.25, -0.2) is 4.79 Å². The Kier molecular flexibility index (Phi) is 4.65. The molecule has 4 heteroatoms. The average molecular weight is 372 g/mol. The number of benzene rings is 3. The number of Topliss-reactive ketones (excluding diaryl/α,β-unsaturated/α-hetero) is 1. The van der Waals surface area contributed by atoms with Gasteiger partial charge >= 0.3 is 5.97 Å². The van der Waals surface area contributed by atoms with Crippen LogP contribution >= 0.6 is 11.8 Å². The fourth-order valence-corrected chi connectivity index (χ4v) is 3.93. The minimum Gasteiger partial charge on any atom is -0.422 e. The van der Waals surface area contributed by atoms with E-state index in [0.717, 1.165) is 10.5 Å². The third-order valence-electron chi connectivity index (χ3n) is 4.24. The number of esters is 1. The van der Waals surface area contributed by atoms with Crippen molar-refractivity contribution in [3.05, 3.63) is 100.0 Å². The monoisotopic (exact) mass is 372 g/mol. The van der Waals surface area contributed by atoms with Gasteiger partial charge in [0.15, 0.2) is 0 Å². The summed E-state index contributed by atoms with van der Waals surface area (Å²) in [5, 5.41) is 0. The Labute approximate surface area is 161 Å². The molecule has 3 nitrogen and oxygen atoms in total. The zero-order chi connectivity index (χ0) is 18.8. The van der Waals surface area contributed by atoms with Crippen molar-refractivity contribution in [1.82, 2.24) is 0 Å². The highest BCUT2D eigenvalue weighted by molar-refractivity contribution is 8.04. The van der Waals surface area contributed by atoms with E-state index in [4.69, 9.17) is 4.74 Å². The van der Waals surface area contributed by atoms with Crippen molar-refractivity contribution in [2.24, 2.45) is 0 Å². The lowest BCUT2D eigenvalue weighted by molar-refractivity contribution is 0.0734. The van der Waals surface area contributed by atoms with Crippen LogP contribution in [0.1, 0.15) is 31.8 Å². The zero-order valence-corrected chi connectivity index (χ0v) is 15.5. The van der Waals surface area contributed by atoms with E-state index in [0.29, 0.717) is 27.3 Å². The van der Waals surface area contributed by atoms with Crippen LogP contribution in [0.5, 0.6) is 5.75 Å². The van der Waals surface area contributed by atoms with Gasteiger partial charge in [-0.3, -0.25) is 4.79 Å². The van der Waals surface area contributed by atoms with Gasteiger partial charge in [0.1, 0.15) is 5.75 Å². The summed E-state index contributed by atoms with van der Waals surface area (Å²) in [6, 6.07) is 22.0. The molecule has 1 heterocycles. The molecule has 0 fully saturated rings. The third-order valence-corrected chi connectivity index (χ3v) is 5.34. The maximum absolute atomic E-state index is 12.6. The molecule has 0 saturated carbocycles. The van der Waals surface area contributed by atoms with Gasteiger partial charge < -0.3 is 4.74 Å². The summed E-state index contributed by atoms with van der Waals surface area (Å²) in [6.45, 7) is 1.96. The summed E-state index contributed by atoms with van der Waals surface area (Å²) in [5.74, 6) is 0.0107. The van der Waals surface area contributed by atoms with Crippen molar-refractivity contribution >= 4 is 29.6 Å². The van der Waals surface area contributed by atoms with E-state index in [1.165, 1.54) is 11.8 Å². The highest BCUT2D eigenvalue weighted by Crippen LogP contribution is 2.41. The van der Waals surface area contributed by atoms with Crippen LogP contribution in [-0.2, 0) is 0 Å². The fourth-order valence-electron chi connectivity index (χ4n) is 2.88. The second-order valence-electron chi connectivity index (χ2n) is 6.23. The summed E-state index contributed by atoms with van der Waals surface area (Å²) in [7, 11) is 0. The highest BCUT2D eigenvalue weighted by Gasteiger charge is 2.25. The molecule has 0 N–H and O–H groups in total. The molecule has 3 aromatic rings. The predicted octanol–water partition coefficient (Wildman–Crippen LogP) is 5.54. The average Bonchev–Trinajstić information content (AvgIpc) is 3.00. The lowest BCUT2D eigenvalue weighted by atomic mass is 10.1. The van der Waals surface area contributed by atoms with Crippen LogP contribution in [0.2, 0.25) is 0 Å². The van der Waals surface area contributed by atoms with Crippen LogP contribution in [0.4, 0.5) is 0 Å². The number of hydrogen-bond acceptors (Lipinski definition) is 4. The van der Waals surface area contributed by atoms with Crippen LogP contribution in [0.25, 0.3) is 6.08 Å². The molecular weight excluding hydrogens is 356 g/mol. The number of carbonyl (C=O) groups is 2. The smallest absolute Gasteiger partial charge is 0.343 e. The van der Waals surface area contributed by atoms with E-state index < -0.39 is 5.97 Å². The molecule has 4 rings (SSSR count). The van der Waals surface area contributed by atoms with Crippen LogP contribution in [0.15, 0.2) is 82.6 Å². The third kappa shape index (κ3) is 3.57. The lowest BCUT2D eigenvalue weighted by Gasteiger charge is -2.09. The molecule has 0 radical (unpaired) electrons. The SMILES string of the molecule is Cc1ccc(OC(=O)c2ccccc2)c(C=C2Sc3ccccc3C2=O)c1. The Morgan fingerprint density at radius 3 is 2.48 bits per heavy atom. The first-order valence-electron chi connectivity index (χ1n) is 8.53. The van der Waals surface area contributed by atoms with Gasteiger partial charge in [0, 0.05) is 16.0 Å². The number of hydrogen-bond donors (Lipinski definition) is 0. The summed E-state index contributed by atoms with van der Waals surface area (Å²) < 4.78 is 5.61. The molecule has 0 aromatic heterocycles. The van der Waals surface area contributed by atoms with Crippen molar-refractivity contribution in [2.45, 2.75) is 11.8 Å². The van der Waals surface area contributed by atoms with Crippen molar-refractivity contribution < 1.29 is 14.3 Å². The number of carbonyl (C=O) groups excluding carboxylic acids is 2. The van der Waals surface area contributed by atoms with E-state index in [2.05, 4.69) is 0 Å². The Balaban J connectivity index is 1.67. The standard InChI is InChI=1S/C23H16O3S/c1-15-11-12-19(26-23(25)16-7-3-2-4-8-16)17(13-15)14-21-22(24)18-9-5-6-10-20(18)27-21/h2-14H,1H3. The normalized spacial score (nSPS) is 14.3. The summed E-state index contributed by atoms with van der Waals surface area (Å²) in [5.41, 5.74) is 2.93. The Hall–Kier alpha value is -3.11. The molecular formula is C23H16O3S. The quantitative estimate of drug-likeness (QED) is 0.344. The molecule has 132 valence electrons. The van der Waals surface area contributed by atoms with Gasteiger partial charge in [0.05, 0.1) is 10.5 Å². The maximum Gasteiger partial charge on any atom is 0.343 e. The summed E-state index contributed by atoms with van der Waals surface area (Å²) in [4.78, 5) is 26.6. The van der Waals surface area contributed by atoms with Crippen molar-refractivity contribution in [3.8, 4) is 5.75 Å². The van der Waals surface area contributed by atoms with Crippen molar-refractivity contribution in [3.63, 3.8) is 0 Å². The number of allylic oxidation sites excluding steroid dienone is 1. The number of ether oxygens (including phenoxy) is 1. The molecule has 0 unspecified atom stereocenters. The fraction of sp³-hybridized carbons (Fsp3) is 0.0435. The maximum atomic E-state index is 12.6. The topological polar surface area (TPSA) is 43.4 Å². The predicted molar refractivity (Wildman–Crippen MR) is 107 cm³/mol. The molecule has 1 aliphatic heterocycles. The molecule has 0 spiro atoms. The first-order chi connectivity index (χ1) is 13.1. The van der Waals surface area contributed by atoms with Crippen LogP contribution in [-0.4, -0.2) is 11.8 Å². The summed E-state index contributed by atoms with van der Waals surface area (Å²) in [6.07, 6.45) is 1.80. The molecule has 3 aromatic carbocycles.